The van der Waals surface area contributed by atoms with Crippen LogP contribution in [-0.2, 0) is 9.59 Å². The minimum atomic E-state index is -0.923. The van der Waals surface area contributed by atoms with E-state index >= 15 is 0 Å². The van der Waals surface area contributed by atoms with Crippen LogP contribution in [0.15, 0.2) is 28.2 Å². The highest BCUT2D eigenvalue weighted by atomic mass is 35.5. The first-order valence-electron chi connectivity index (χ1n) is 9.03. The number of aromatic amines is 1. The van der Waals surface area contributed by atoms with Gasteiger partial charge in [-0.05, 0) is 31.0 Å². The van der Waals surface area contributed by atoms with Crippen molar-refractivity contribution in [1.29, 1.82) is 0 Å². The summed E-state index contributed by atoms with van der Waals surface area (Å²) in [6.07, 6.45) is 1.90. The molecule has 2 amide bonds. The molecule has 0 fully saturated rings. The second-order valence-corrected chi connectivity index (χ2v) is 8.03. The minimum absolute atomic E-state index is 0.120. The number of nitrogens with one attached hydrogen (secondary N) is 3. The number of carbonyl (C=O) groups is 2. The Bertz CT molecular complexity index is 976. The average Bonchev–Trinajstić information content (AvgIpc) is 2.64. The third kappa shape index (κ3) is 4.39. The van der Waals surface area contributed by atoms with Crippen molar-refractivity contribution in [3.63, 3.8) is 0 Å². The van der Waals surface area contributed by atoms with Crippen LogP contribution in [-0.4, -0.2) is 27.5 Å². The van der Waals surface area contributed by atoms with E-state index in [1.165, 1.54) is 11.8 Å². The summed E-state index contributed by atoms with van der Waals surface area (Å²) in [5.41, 5.74) is 1.03. The van der Waals surface area contributed by atoms with Gasteiger partial charge < -0.3 is 15.6 Å². The van der Waals surface area contributed by atoms with Gasteiger partial charge in [0.25, 0.3) is 5.56 Å². The molecule has 0 aliphatic carbocycles. The Kier molecular flexibility index (Phi) is 6.41. The fourth-order valence-corrected chi connectivity index (χ4v) is 4.04. The molecule has 3 rings (SSSR count). The van der Waals surface area contributed by atoms with Gasteiger partial charge in [-0.2, -0.15) is 0 Å². The maximum absolute atomic E-state index is 12.9. The highest BCUT2D eigenvalue weighted by Gasteiger charge is 2.35. The van der Waals surface area contributed by atoms with E-state index in [9.17, 15) is 14.4 Å². The van der Waals surface area contributed by atoms with E-state index in [1.54, 1.807) is 25.1 Å². The maximum atomic E-state index is 12.9. The SMILES string of the molecule is CCCCSc1nc2c(c(=O)[nH]1)[C@@H](C(=O)Nc1cccc(Cl)c1C)CC(=O)N2. The second-order valence-electron chi connectivity index (χ2n) is 6.54. The number of hydrogen-bond acceptors (Lipinski definition) is 5. The van der Waals surface area contributed by atoms with E-state index in [4.69, 9.17) is 11.6 Å². The van der Waals surface area contributed by atoms with Crippen LogP contribution in [0.1, 0.15) is 43.2 Å². The van der Waals surface area contributed by atoms with Gasteiger partial charge >= 0.3 is 0 Å². The molecule has 2 heterocycles. The van der Waals surface area contributed by atoms with Crippen molar-refractivity contribution < 1.29 is 9.59 Å². The number of hydrogen-bond donors (Lipinski definition) is 3. The zero-order valence-corrected chi connectivity index (χ0v) is 17.2. The van der Waals surface area contributed by atoms with Crippen LogP contribution in [0.3, 0.4) is 0 Å². The van der Waals surface area contributed by atoms with Crippen LogP contribution < -0.4 is 16.2 Å². The third-order valence-corrected chi connectivity index (χ3v) is 5.88. The fraction of sp³-hybridized carbons (Fsp3) is 0.368. The molecule has 0 saturated heterocycles. The fourth-order valence-electron chi connectivity index (χ4n) is 2.92. The first-order valence-corrected chi connectivity index (χ1v) is 10.4. The number of amides is 2. The van der Waals surface area contributed by atoms with E-state index < -0.39 is 17.4 Å². The smallest absolute Gasteiger partial charge is 0.257 e. The third-order valence-electron chi connectivity index (χ3n) is 4.51. The molecule has 148 valence electrons. The van der Waals surface area contributed by atoms with E-state index in [0.717, 1.165) is 18.6 Å². The molecule has 1 aliphatic rings. The molecule has 0 bridgehead atoms. The molecule has 28 heavy (non-hydrogen) atoms. The number of rotatable bonds is 6. The van der Waals surface area contributed by atoms with E-state index in [0.29, 0.717) is 21.4 Å². The summed E-state index contributed by atoms with van der Waals surface area (Å²) < 4.78 is 0. The number of unbranched alkanes of at least 4 members (excludes halogenated alkanes) is 1. The van der Waals surface area contributed by atoms with Gasteiger partial charge in [0.2, 0.25) is 11.8 Å². The van der Waals surface area contributed by atoms with E-state index in [-0.39, 0.29) is 23.7 Å². The monoisotopic (exact) mass is 420 g/mol. The predicted molar refractivity (Wildman–Crippen MR) is 111 cm³/mol. The van der Waals surface area contributed by atoms with Crippen LogP contribution in [0.5, 0.6) is 0 Å². The Morgan fingerprint density at radius 1 is 1.39 bits per heavy atom. The summed E-state index contributed by atoms with van der Waals surface area (Å²) in [5, 5.41) is 6.35. The van der Waals surface area contributed by atoms with Gasteiger partial charge in [-0.3, -0.25) is 14.4 Å². The Morgan fingerprint density at radius 3 is 2.93 bits per heavy atom. The highest BCUT2D eigenvalue weighted by Crippen LogP contribution is 2.31. The highest BCUT2D eigenvalue weighted by molar-refractivity contribution is 7.99. The molecular weight excluding hydrogens is 400 g/mol. The normalized spacial score (nSPS) is 15.7. The van der Waals surface area contributed by atoms with Gasteiger partial charge in [0, 0.05) is 22.9 Å². The van der Waals surface area contributed by atoms with Crippen molar-refractivity contribution in [3.8, 4) is 0 Å². The minimum Gasteiger partial charge on any atom is -0.325 e. The Hall–Kier alpha value is -2.32. The summed E-state index contributed by atoms with van der Waals surface area (Å²) in [7, 11) is 0. The summed E-state index contributed by atoms with van der Waals surface area (Å²) in [5.74, 6) is -0.752. The first-order chi connectivity index (χ1) is 13.4. The van der Waals surface area contributed by atoms with Crippen molar-refractivity contribution in [1.82, 2.24) is 9.97 Å². The molecule has 1 aromatic heterocycles. The average molecular weight is 421 g/mol. The molecule has 0 unspecified atom stereocenters. The molecule has 7 nitrogen and oxygen atoms in total. The molecule has 2 aromatic rings. The van der Waals surface area contributed by atoms with Crippen LogP contribution in [0, 0.1) is 6.92 Å². The number of benzene rings is 1. The van der Waals surface area contributed by atoms with Crippen LogP contribution in [0.25, 0.3) is 0 Å². The van der Waals surface area contributed by atoms with E-state index in [1.807, 2.05) is 0 Å². The quantitative estimate of drug-likeness (QED) is 0.375. The number of halogens is 1. The molecule has 3 N–H and O–H groups in total. The van der Waals surface area contributed by atoms with Crippen molar-refractivity contribution in [2.24, 2.45) is 0 Å². The summed E-state index contributed by atoms with van der Waals surface area (Å²) >= 11 is 7.52. The van der Waals surface area contributed by atoms with Crippen LogP contribution in [0.2, 0.25) is 5.02 Å². The molecule has 1 aromatic carbocycles. The van der Waals surface area contributed by atoms with Gasteiger partial charge in [-0.25, -0.2) is 4.98 Å². The van der Waals surface area contributed by atoms with Gasteiger partial charge in [0.15, 0.2) is 5.16 Å². The zero-order valence-electron chi connectivity index (χ0n) is 15.6. The van der Waals surface area contributed by atoms with Gasteiger partial charge in [-0.15, -0.1) is 0 Å². The lowest BCUT2D eigenvalue weighted by Crippen LogP contribution is -2.36. The van der Waals surface area contributed by atoms with Crippen LogP contribution in [0.4, 0.5) is 11.5 Å². The van der Waals surface area contributed by atoms with Gasteiger partial charge in [0.1, 0.15) is 5.82 Å². The zero-order chi connectivity index (χ0) is 20.3. The van der Waals surface area contributed by atoms with Gasteiger partial charge in [0.05, 0.1) is 11.5 Å². The number of nitrogens with zero attached hydrogens (tertiary/aromatic N) is 1. The van der Waals surface area contributed by atoms with E-state index in [2.05, 4.69) is 27.5 Å². The second kappa shape index (κ2) is 8.79. The first kappa shape index (κ1) is 20.4. The molecule has 0 radical (unpaired) electrons. The van der Waals surface area contributed by atoms with Crippen molar-refractivity contribution in [3.05, 3.63) is 44.7 Å². The lowest BCUT2D eigenvalue weighted by molar-refractivity contribution is -0.123. The number of H-pyrrole nitrogens is 1. The number of anilines is 2. The number of fused-ring (bicyclic) bond motifs is 1. The number of thioether (sulfide) groups is 1. The summed E-state index contributed by atoms with van der Waals surface area (Å²) in [6.45, 7) is 3.86. The predicted octanol–water partition coefficient (Wildman–Crippen LogP) is 3.69. The topological polar surface area (TPSA) is 104 Å². The molecular formula is C19H21ClN4O3S. The number of carbonyl (C=O) groups excluding carboxylic acids is 2. The van der Waals surface area contributed by atoms with Crippen molar-refractivity contribution >= 4 is 46.7 Å². The largest absolute Gasteiger partial charge is 0.325 e. The molecule has 1 atom stereocenters. The van der Waals surface area contributed by atoms with Crippen LogP contribution >= 0.6 is 23.4 Å². The lowest BCUT2D eigenvalue weighted by atomic mass is 9.92. The van der Waals surface area contributed by atoms with Crippen molar-refractivity contribution in [2.75, 3.05) is 16.4 Å². The maximum Gasteiger partial charge on any atom is 0.257 e. The van der Waals surface area contributed by atoms with Crippen molar-refractivity contribution in [2.45, 2.75) is 44.2 Å². The molecule has 0 spiro atoms. The summed E-state index contributed by atoms with van der Waals surface area (Å²) in [4.78, 5) is 44.7. The molecule has 0 saturated carbocycles. The number of aromatic nitrogens is 2. The Morgan fingerprint density at radius 2 is 2.18 bits per heavy atom. The lowest BCUT2D eigenvalue weighted by Gasteiger charge is -2.24. The summed E-state index contributed by atoms with van der Waals surface area (Å²) in [6, 6.07) is 5.17. The Balaban J connectivity index is 1.89. The van der Waals surface area contributed by atoms with Gasteiger partial charge in [-0.1, -0.05) is 42.8 Å². The Labute approximate surface area is 171 Å². The standard InChI is InChI=1S/C19H21ClN4O3S/c1-3-4-8-28-19-23-16-15(18(27)24-19)11(9-14(25)22-16)17(26)21-13-7-5-6-12(20)10(13)2/h5-7,11H,3-4,8-9H2,1-2H3,(H,21,26)(H2,22,23,24,25,27)/t11-/m0/s1. The molecule has 1 aliphatic heterocycles. The molecule has 9 heteroatoms.